The van der Waals surface area contributed by atoms with Gasteiger partial charge in [0, 0.05) is 31.9 Å². The number of carbonyl (C=O) groups excluding carboxylic acids is 1. The summed E-state index contributed by atoms with van der Waals surface area (Å²) in [5, 5.41) is 12.3. The van der Waals surface area contributed by atoms with Crippen molar-refractivity contribution in [3.05, 3.63) is 47.7 Å². The van der Waals surface area contributed by atoms with E-state index in [1.54, 1.807) is 26.0 Å². The highest BCUT2D eigenvalue weighted by atomic mass is 16.3. The van der Waals surface area contributed by atoms with Gasteiger partial charge in [-0.1, -0.05) is 5.92 Å². The van der Waals surface area contributed by atoms with Crippen LogP contribution in [0, 0.1) is 11.8 Å². The molecule has 5 nitrogen and oxygen atoms in total. The van der Waals surface area contributed by atoms with Crippen molar-refractivity contribution in [3.63, 3.8) is 0 Å². The second kappa shape index (κ2) is 6.54. The van der Waals surface area contributed by atoms with Crippen molar-refractivity contribution in [2.75, 3.05) is 6.54 Å². The van der Waals surface area contributed by atoms with Crippen molar-refractivity contribution in [3.8, 4) is 11.8 Å². The zero-order valence-corrected chi connectivity index (χ0v) is 13.0. The molecule has 1 amide bonds. The van der Waals surface area contributed by atoms with Gasteiger partial charge < -0.3 is 19.4 Å². The van der Waals surface area contributed by atoms with E-state index in [1.807, 2.05) is 29.9 Å². The molecule has 22 heavy (non-hydrogen) atoms. The Labute approximate surface area is 129 Å². The maximum Gasteiger partial charge on any atom is 0.287 e. The van der Waals surface area contributed by atoms with Gasteiger partial charge in [-0.2, -0.15) is 0 Å². The number of hydrogen-bond donors (Lipinski definition) is 2. The summed E-state index contributed by atoms with van der Waals surface area (Å²) in [6, 6.07) is 7.18. The Hall–Kier alpha value is -2.45. The van der Waals surface area contributed by atoms with Gasteiger partial charge in [0.25, 0.3) is 5.91 Å². The van der Waals surface area contributed by atoms with Crippen LogP contribution in [-0.4, -0.2) is 27.7 Å². The minimum Gasteiger partial charge on any atom is -0.443 e. The number of rotatable bonds is 4. The van der Waals surface area contributed by atoms with Crippen LogP contribution in [0.5, 0.6) is 0 Å². The molecule has 2 heterocycles. The van der Waals surface area contributed by atoms with E-state index >= 15 is 0 Å². The fourth-order valence-corrected chi connectivity index (χ4v) is 1.89. The summed E-state index contributed by atoms with van der Waals surface area (Å²) in [6.07, 6.45) is 2.72. The minimum absolute atomic E-state index is 0.215. The van der Waals surface area contributed by atoms with E-state index < -0.39 is 5.60 Å². The zero-order chi connectivity index (χ0) is 16.2. The van der Waals surface area contributed by atoms with Crippen molar-refractivity contribution >= 4 is 5.91 Å². The van der Waals surface area contributed by atoms with Crippen LogP contribution < -0.4 is 5.32 Å². The van der Waals surface area contributed by atoms with Gasteiger partial charge in [-0.25, -0.2) is 0 Å². The van der Waals surface area contributed by atoms with Gasteiger partial charge in [-0.15, -0.1) is 0 Å². The van der Waals surface area contributed by atoms with Gasteiger partial charge in [-0.3, -0.25) is 4.79 Å². The van der Waals surface area contributed by atoms with Crippen molar-refractivity contribution < 1.29 is 14.3 Å². The fourth-order valence-electron chi connectivity index (χ4n) is 1.89. The van der Waals surface area contributed by atoms with E-state index in [9.17, 15) is 9.90 Å². The standard InChI is InChI=1S/C17H20N2O3/c1-17(2,21)10-8-14-6-7-15(22-14)16(20)18-11-9-13-5-4-12-19(13)3/h4-7,12,21H,9,11H2,1-3H3,(H,18,20). The number of hydrogen-bond acceptors (Lipinski definition) is 3. The molecule has 0 radical (unpaired) electrons. The van der Waals surface area contributed by atoms with Crippen LogP contribution in [0.25, 0.3) is 0 Å². The number of aryl methyl sites for hydroxylation is 1. The maximum atomic E-state index is 12.0. The molecule has 116 valence electrons. The summed E-state index contributed by atoms with van der Waals surface area (Å²) in [6.45, 7) is 3.70. The summed E-state index contributed by atoms with van der Waals surface area (Å²) in [5.41, 5.74) is 0.0565. The van der Waals surface area contributed by atoms with E-state index in [2.05, 4.69) is 17.2 Å². The fraction of sp³-hybridized carbons (Fsp3) is 0.353. The molecule has 0 fully saturated rings. The molecule has 0 aliphatic rings. The van der Waals surface area contributed by atoms with Gasteiger partial charge in [0.05, 0.1) is 0 Å². The monoisotopic (exact) mass is 300 g/mol. The average molecular weight is 300 g/mol. The van der Waals surface area contributed by atoms with Gasteiger partial charge >= 0.3 is 0 Å². The summed E-state index contributed by atoms with van der Waals surface area (Å²) in [7, 11) is 1.97. The Morgan fingerprint density at radius 1 is 1.41 bits per heavy atom. The molecular formula is C17H20N2O3. The molecule has 0 bridgehead atoms. The van der Waals surface area contributed by atoms with Crippen molar-refractivity contribution in [1.82, 2.24) is 9.88 Å². The lowest BCUT2D eigenvalue weighted by Crippen LogP contribution is -2.25. The normalized spacial score (nSPS) is 10.9. The second-order valence-corrected chi connectivity index (χ2v) is 5.59. The highest BCUT2D eigenvalue weighted by molar-refractivity contribution is 5.91. The van der Waals surface area contributed by atoms with E-state index in [0.29, 0.717) is 12.3 Å². The third-order valence-electron chi connectivity index (χ3n) is 3.04. The van der Waals surface area contributed by atoms with Crippen LogP contribution in [0.4, 0.5) is 0 Å². The number of aromatic nitrogens is 1. The molecule has 2 aromatic heterocycles. The smallest absolute Gasteiger partial charge is 0.287 e. The first kappa shape index (κ1) is 15.9. The van der Waals surface area contributed by atoms with Gasteiger partial charge in [0.15, 0.2) is 11.5 Å². The Morgan fingerprint density at radius 2 is 2.18 bits per heavy atom. The molecule has 0 aliphatic carbocycles. The molecule has 2 N–H and O–H groups in total. The van der Waals surface area contributed by atoms with Crippen molar-refractivity contribution in [2.24, 2.45) is 7.05 Å². The molecule has 2 rings (SSSR count). The summed E-state index contributed by atoms with van der Waals surface area (Å²) < 4.78 is 7.37. The summed E-state index contributed by atoms with van der Waals surface area (Å²) in [5.74, 6) is 5.63. The Bertz CT molecular complexity index is 708. The molecule has 0 aromatic carbocycles. The lowest BCUT2D eigenvalue weighted by atomic mass is 10.1. The van der Waals surface area contributed by atoms with Crippen LogP contribution in [0.3, 0.4) is 0 Å². The van der Waals surface area contributed by atoms with E-state index in [0.717, 1.165) is 12.1 Å². The number of amides is 1. The molecule has 0 atom stereocenters. The average Bonchev–Trinajstić information content (AvgIpc) is 3.05. The number of nitrogens with one attached hydrogen (secondary N) is 1. The number of carbonyl (C=O) groups is 1. The molecule has 0 saturated carbocycles. The van der Waals surface area contributed by atoms with E-state index in [-0.39, 0.29) is 11.7 Å². The predicted octanol–water partition coefficient (Wildman–Crippen LogP) is 1.71. The van der Waals surface area contributed by atoms with Crippen LogP contribution in [0.15, 0.2) is 34.9 Å². The first-order chi connectivity index (χ1) is 10.3. The quantitative estimate of drug-likeness (QED) is 0.845. The third kappa shape index (κ3) is 4.54. The van der Waals surface area contributed by atoms with Crippen molar-refractivity contribution in [2.45, 2.75) is 25.9 Å². The molecule has 0 unspecified atom stereocenters. The highest BCUT2D eigenvalue weighted by Crippen LogP contribution is 2.08. The Morgan fingerprint density at radius 3 is 2.82 bits per heavy atom. The van der Waals surface area contributed by atoms with Gasteiger partial charge in [-0.05, 0) is 44.0 Å². The third-order valence-corrected chi connectivity index (χ3v) is 3.04. The molecule has 0 aliphatic heterocycles. The number of nitrogens with zero attached hydrogens (tertiary/aromatic N) is 1. The number of furan rings is 1. The van der Waals surface area contributed by atoms with Crippen molar-refractivity contribution in [1.29, 1.82) is 0 Å². The van der Waals surface area contributed by atoms with Gasteiger partial charge in [0.2, 0.25) is 0 Å². The molecule has 0 saturated heterocycles. The molecular weight excluding hydrogens is 280 g/mol. The second-order valence-electron chi connectivity index (χ2n) is 5.59. The SMILES string of the molecule is Cn1cccc1CCNC(=O)c1ccc(C#CC(C)(C)O)o1. The van der Waals surface area contributed by atoms with Crippen LogP contribution in [0.1, 0.15) is 35.9 Å². The van der Waals surface area contributed by atoms with Crippen LogP contribution >= 0.6 is 0 Å². The Kier molecular flexibility index (Phi) is 4.74. The topological polar surface area (TPSA) is 67.4 Å². The highest BCUT2D eigenvalue weighted by Gasteiger charge is 2.11. The molecule has 2 aromatic rings. The molecule has 5 heteroatoms. The first-order valence-corrected chi connectivity index (χ1v) is 7.09. The summed E-state index contributed by atoms with van der Waals surface area (Å²) in [4.78, 5) is 12.0. The van der Waals surface area contributed by atoms with Gasteiger partial charge in [0.1, 0.15) is 5.60 Å². The largest absolute Gasteiger partial charge is 0.443 e. The van der Waals surface area contributed by atoms with Crippen LogP contribution in [0.2, 0.25) is 0 Å². The number of aliphatic hydroxyl groups is 1. The van der Waals surface area contributed by atoms with E-state index in [4.69, 9.17) is 4.42 Å². The van der Waals surface area contributed by atoms with Crippen LogP contribution in [-0.2, 0) is 13.5 Å². The zero-order valence-electron chi connectivity index (χ0n) is 13.0. The lowest BCUT2D eigenvalue weighted by Gasteiger charge is -2.05. The first-order valence-electron chi connectivity index (χ1n) is 7.09. The Balaban J connectivity index is 1.89. The summed E-state index contributed by atoms with van der Waals surface area (Å²) >= 11 is 0. The predicted molar refractivity (Wildman–Crippen MR) is 83.3 cm³/mol. The minimum atomic E-state index is -1.09. The molecule has 0 spiro atoms. The van der Waals surface area contributed by atoms with E-state index in [1.165, 1.54) is 0 Å². The maximum absolute atomic E-state index is 12.0. The lowest BCUT2D eigenvalue weighted by molar-refractivity contribution is 0.0926.